The van der Waals surface area contributed by atoms with E-state index in [-0.39, 0.29) is 18.2 Å². The van der Waals surface area contributed by atoms with Crippen LogP contribution in [0.5, 0.6) is 5.75 Å². The smallest absolute Gasteiger partial charge is 0.259 e. The van der Waals surface area contributed by atoms with E-state index < -0.39 is 50.6 Å². The molecule has 5 atom stereocenters. The fourth-order valence-corrected chi connectivity index (χ4v) is 9.21. The van der Waals surface area contributed by atoms with Crippen molar-refractivity contribution in [1.29, 1.82) is 0 Å². The number of benzene rings is 2. The largest absolute Gasteiger partial charge is 0.494 e. The number of nitrogens with one attached hydrogen (secondary N) is 2. The summed E-state index contributed by atoms with van der Waals surface area (Å²) in [7, 11) is -2.01. The van der Waals surface area contributed by atoms with E-state index in [1.807, 2.05) is 37.3 Å². The first-order valence-electron chi connectivity index (χ1n) is 17.8. The molecule has 2 aromatic carbocycles. The van der Waals surface area contributed by atoms with Gasteiger partial charge >= 0.3 is 0 Å². The lowest BCUT2D eigenvalue weighted by atomic mass is 9.93. The van der Waals surface area contributed by atoms with E-state index in [0.29, 0.717) is 51.0 Å². The van der Waals surface area contributed by atoms with Gasteiger partial charge in [-0.05, 0) is 80.2 Å². The maximum atomic E-state index is 14.1. The van der Waals surface area contributed by atoms with Crippen molar-refractivity contribution in [2.24, 2.45) is 22.9 Å². The minimum atomic E-state index is -3.79. The summed E-state index contributed by atoms with van der Waals surface area (Å²) in [6, 6.07) is 14.1. The molecular formula is C37H46N4O7S. The Kier molecular flexibility index (Phi) is 9.19. The zero-order chi connectivity index (χ0) is 34.3. The van der Waals surface area contributed by atoms with Crippen molar-refractivity contribution in [2.75, 3.05) is 20.2 Å². The standard InChI is InChI=1S/C37H46N4O7S/c1-3-23-22-37(23,36(44)40-49(45,46)26-14-15-26)38-34(42)31-20-25-21-32(31)35(43)41(2)17-9-5-4-6-10-18-47-24-13-16-28-27-11-7-8-12-29(27)33(39-48-25)30(28)19-24/h7-8,11-13,16,19,23,25-26,31-32H,3-6,9-10,14-15,17-18,20-22H2,1-2H3,(H,38,42)(H,40,44)/t23-,25-,31-,32-,37-/m1/s1. The third-order valence-electron chi connectivity index (χ3n) is 11.0. The molecule has 262 valence electrons. The Morgan fingerprint density at radius 3 is 2.47 bits per heavy atom. The van der Waals surface area contributed by atoms with Gasteiger partial charge in [-0.2, -0.15) is 0 Å². The molecule has 0 spiro atoms. The van der Waals surface area contributed by atoms with Crippen LogP contribution in [0.4, 0.5) is 0 Å². The molecule has 0 unspecified atom stereocenters. The Morgan fingerprint density at radius 2 is 1.71 bits per heavy atom. The number of amides is 3. The zero-order valence-corrected chi connectivity index (χ0v) is 29.1. The lowest BCUT2D eigenvalue weighted by Crippen LogP contribution is -2.54. The molecule has 0 saturated heterocycles. The molecule has 7 rings (SSSR count). The van der Waals surface area contributed by atoms with E-state index in [1.54, 1.807) is 11.9 Å². The quantitative estimate of drug-likeness (QED) is 0.387. The number of oxime groups is 1. The Balaban J connectivity index is 1.16. The predicted molar refractivity (Wildman–Crippen MR) is 184 cm³/mol. The van der Waals surface area contributed by atoms with E-state index >= 15 is 0 Å². The summed E-state index contributed by atoms with van der Waals surface area (Å²) < 4.78 is 33.7. The highest BCUT2D eigenvalue weighted by Crippen LogP contribution is 2.48. The summed E-state index contributed by atoms with van der Waals surface area (Å²) in [5.74, 6) is -2.11. The number of rotatable bonds is 6. The first-order chi connectivity index (χ1) is 23.6. The molecular weight excluding hydrogens is 644 g/mol. The number of carbonyl (C=O) groups excluding carboxylic acids is 3. The fourth-order valence-electron chi connectivity index (χ4n) is 7.85. The highest BCUT2D eigenvalue weighted by atomic mass is 32.2. The normalized spacial score (nSPS) is 28.5. The SMILES string of the molecule is CC[C@@H]1C[C@]1(NC(=O)[C@@H]1C[C@@H]2C[C@H]1C(=O)N(C)CCCCCCCOc1ccc3c(c1)C(=NO2)c1ccccc1-3)C(=O)NS(=O)(=O)C1CC1. The van der Waals surface area contributed by atoms with Crippen LogP contribution in [0.25, 0.3) is 11.1 Å². The summed E-state index contributed by atoms with van der Waals surface area (Å²) >= 11 is 0. The summed E-state index contributed by atoms with van der Waals surface area (Å²) in [5, 5.41) is 7.07. The van der Waals surface area contributed by atoms with Crippen LogP contribution >= 0.6 is 0 Å². The first-order valence-corrected chi connectivity index (χ1v) is 19.4. The van der Waals surface area contributed by atoms with Gasteiger partial charge in [-0.1, -0.05) is 62.0 Å². The third kappa shape index (κ3) is 6.68. The number of nitrogens with zero attached hydrogens (tertiary/aromatic N) is 2. The molecule has 1 aliphatic heterocycles. The van der Waals surface area contributed by atoms with Gasteiger partial charge in [0.15, 0.2) is 0 Å². The Labute approximate surface area is 288 Å². The molecule has 4 bridgehead atoms. The Hall–Kier alpha value is -3.93. The van der Waals surface area contributed by atoms with Crippen molar-refractivity contribution in [3.05, 3.63) is 53.6 Å². The predicted octanol–water partition coefficient (Wildman–Crippen LogP) is 4.53. The van der Waals surface area contributed by atoms with E-state index in [4.69, 9.17) is 9.57 Å². The average Bonchev–Trinajstić information content (AvgIpc) is 4.00. The molecule has 0 radical (unpaired) electrons. The van der Waals surface area contributed by atoms with Crippen molar-refractivity contribution >= 4 is 33.5 Å². The van der Waals surface area contributed by atoms with Crippen molar-refractivity contribution in [2.45, 2.75) is 94.4 Å². The highest BCUT2D eigenvalue weighted by Gasteiger charge is 2.62. The van der Waals surface area contributed by atoms with Gasteiger partial charge in [-0.25, -0.2) is 8.42 Å². The second-order valence-corrected chi connectivity index (χ2v) is 16.4. The fraction of sp³-hybridized carbons (Fsp3) is 0.568. The van der Waals surface area contributed by atoms with Crippen LogP contribution in [-0.4, -0.2) is 73.8 Å². The molecule has 3 fully saturated rings. The molecule has 1 heterocycles. The van der Waals surface area contributed by atoms with Gasteiger partial charge in [0.2, 0.25) is 21.8 Å². The molecule has 0 aromatic heterocycles. The molecule has 2 aromatic rings. The number of sulfonamides is 1. The van der Waals surface area contributed by atoms with Crippen molar-refractivity contribution in [3.63, 3.8) is 0 Å². The van der Waals surface area contributed by atoms with Gasteiger partial charge in [0, 0.05) is 24.7 Å². The van der Waals surface area contributed by atoms with Crippen LogP contribution in [0.2, 0.25) is 0 Å². The molecule has 12 heteroatoms. The lowest BCUT2D eigenvalue weighted by molar-refractivity contribution is -0.140. The third-order valence-corrected chi connectivity index (χ3v) is 12.8. The van der Waals surface area contributed by atoms with Gasteiger partial charge < -0.3 is 19.8 Å². The molecule has 5 aliphatic rings. The van der Waals surface area contributed by atoms with Gasteiger partial charge in [-0.15, -0.1) is 0 Å². The lowest BCUT2D eigenvalue weighted by Gasteiger charge is -2.26. The second-order valence-electron chi connectivity index (χ2n) is 14.4. The number of carbonyl (C=O) groups is 3. The number of hydrogen-bond donors (Lipinski definition) is 2. The molecule has 2 N–H and O–H groups in total. The molecule has 49 heavy (non-hydrogen) atoms. The van der Waals surface area contributed by atoms with Crippen molar-refractivity contribution < 1.29 is 32.4 Å². The number of hydrogen-bond acceptors (Lipinski definition) is 8. The maximum absolute atomic E-state index is 14.1. The van der Waals surface area contributed by atoms with Crippen LogP contribution in [0, 0.1) is 17.8 Å². The van der Waals surface area contributed by atoms with Gasteiger partial charge in [0.05, 0.1) is 23.7 Å². The van der Waals surface area contributed by atoms with E-state index in [2.05, 4.69) is 27.3 Å². The van der Waals surface area contributed by atoms with Crippen LogP contribution in [0.15, 0.2) is 47.6 Å². The number of fused-ring (bicyclic) bond motifs is 6. The van der Waals surface area contributed by atoms with Gasteiger partial charge in [0.1, 0.15) is 23.1 Å². The summed E-state index contributed by atoms with van der Waals surface area (Å²) in [6.07, 6.45) is 6.83. The minimum absolute atomic E-state index is 0.135. The molecule has 3 amide bonds. The van der Waals surface area contributed by atoms with Crippen LogP contribution in [0.3, 0.4) is 0 Å². The van der Waals surface area contributed by atoms with E-state index in [0.717, 1.165) is 60.1 Å². The molecule has 4 aliphatic carbocycles. The van der Waals surface area contributed by atoms with Gasteiger partial charge in [0.25, 0.3) is 5.91 Å². The summed E-state index contributed by atoms with van der Waals surface area (Å²) in [4.78, 5) is 49.4. The summed E-state index contributed by atoms with van der Waals surface area (Å²) in [6.45, 7) is 3.11. The number of ether oxygens (including phenoxy) is 1. The summed E-state index contributed by atoms with van der Waals surface area (Å²) in [5.41, 5.74) is 3.30. The van der Waals surface area contributed by atoms with E-state index in [1.165, 1.54) is 0 Å². The first kappa shape index (κ1) is 33.6. The molecule has 11 nitrogen and oxygen atoms in total. The topological polar surface area (TPSA) is 143 Å². The van der Waals surface area contributed by atoms with Crippen LogP contribution in [0.1, 0.15) is 88.7 Å². The minimum Gasteiger partial charge on any atom is -0.494 e. The van der Waals surface area contributed by atoms with Crippen LogP contribution in [-0.2, 0) is 29.2 Å². The van der Waals surface area contributed by atoms with E-state index in [9.17, 15) is 22.8 Å². The van der Waals surface area contributed by atoms with Crippen molar-refractivity contribution in [3.8, 4) is 16.9 Å². The zero-order valence-electron chi connectivity index (χ0n) is 28.3. The van der Waals surface area contributed by atoms with Crippen molar-refractivity contribution in [1.82, 2.24) is 14.9 Å². The maximum Gasteiger partial charge on any atom is 0.259 e. The monoisotopic (exact) mass is 690 g/mol. The average molecular weight is 691 g/mol. The Bertz CT molecular complexity index is 1770. The highest BCUT2D eigenvalue weighted by molar-refractivity contribution is 7.91. The Morgan fingerprint density at radius 1 is 0.980 bits per heavy atom. The van der Waals surface area contributed by atoms with Crippen LogP contribution < -0.4 is 14.8 Å². The molecule has 3 saturated carbocycles. The van der Waals surface area contributed by atoms with Gasteiger partial charge in [-0.3, -0.25) is 19.1 Å². The second kappa shape index (κ2) is 13.4.